The van der Waals surface area contributed by atoms with E-state index >= 15 is 0 Å². The van der Waals surface area contributed by atoms with Crippen LogP contribution in [0.4, 0.5) is 11.4 Å². The molecule has 1 aliphatic carbocycles. The molecule has 0 atom stereocenters. The highest BCUT2D eigenvalue weighted by molar-refractivity contribution is 5.88. The molecule has 0 saturated heterocycles. The van der Waals surface area contributed by atoms with E-state index in [2.05, 4.69) is 81.4 Å². The molecule has 0 radical (unpaired) electrons. The van der Waals surface area contributed by atoms with E-state index < -0.39 is 0 Å². The van der Waals surface area contributed by atoms with Gasteiger partial charge in [0.05, 0.1) is 0 Å². The molecule has 2 aromatic carbocycles. The lowest BCUT2D eigenvalue weighted by Gasteiger charge is -2.25. The Kier molecular flexibility index (Phi) is 3.73. The summed E-state index contributed by atoms with van der Waals surface area (Å²) in [6.45, 7) is 12.5. The molecule has 0 N–H and O–H groups in total. The molecular weight excluding hydrogens is 278 g/mol. The molecule has 0 bridgehead atoms. The fraction of sp³-hybridized carbons (Fsp3) is 0.182. The van der Waals surface area contributed by atoms with Crippen molar-refractivity contribution in [3.8, 4) is 0 Å². The highest BCUT2D eigenvalue weighted by atomic mass is 15.1. The predicted molar refractivity (Wildman–Crippen MR) is 101 cm³/mol. The Bertz CT molecular complexity index is 794. The fourth-order valence-corrected chi connectivity index (χ4v) is 3.51. The van der Waals surface area contributed by atoms with Crippen LogP contribution in [0, 0.1) is 0 Å². The van der Waals surface area contributed by atoms with Crippen LogP contribution in [-0.2, 0) is 5.41 Å². The molecule has 2 aromatic rings. The number of allylic oxidation sites excluding steroid dienone is 4. The summed E-state index contributed by atoms with van der Waals surface area (Å²) >= 11 is 0. The number of para-hydroxylation sites is 1. The summed E-state index contributed by atoms with van der Waals surface area (Å²) in [5.41, 5.74) is 7.39. The average Bonchev–Trinajstić information content (AvgIpc) is 2.80. The molecule has 1 nitrogen and oxygen atoms in total. The van der Waals surface area contributed by atoms with Gasteiger partial charge in [-0.3, -0.25) is 0 Å². The number of nitrogens with zero attached hydrogens (tertiary/aromatic N) is 1. The van der Waals surface area contributed by atoms with E-state index in [4.69, 9.17) is 0 Å². The van der Waals surface area contributed by atoms with Gasteiger partial charge in [-0.1, -0.05) is 63.4 Å². The van der Waals surface area contributed by atoms with Gasteiger partial charge in [-0.2, -0.15) is 0 Å². The van der Waals surface area contributed by atoms with Crippen LogP contribution in [0.25, 0.3) is 5.57 Å². The summed E-state index contributed by atoms with van der Waals surface area (Å²) in [6, 6.07) is 17.1. The Balaban J connectivity index is 2.10. The van der Waals surface area contributed by atoms with Crippen molar-refractivity contribution in [3.05, 3.63) is 90.5 Å². The van der Waals surface area contributed by atoms with Gasteiger partial charge in [-0.15, -0.1) is 0 Å². The first-order valence-corrected chi connectivity index (χ1v) is 7.94. The average molecular weight is 301 g/mol. The summed E-state index contributed by atoms with van der Waals surface area (Å²) in [7, 11) is 2.11. The van der Waals surface area contributed by atoms with Gasteiger partial charge in [0.2, 0.25) is 0 Å². The zero-order valence-corrected chi connectivity index (χ0v) is 14.1. The molecule has 0 amide bonds. The molecule has 1 heteroatoms. The Morgan fingerprint density at radius 3 is 2.22 bits per heavy atom. The minimum atomic E-state index is -0.0475. The monoisotopic (exact) mass is 301 g/mol. The highest BCUT2D eigenvalue weighted by Crippen LogP contribution is 2.48. The van der Waals surface area contributed by atoms with E-state index in [1.54, 1.807) is 0 Å². The van der Waals surface area contributed by atoms with Gasteiger partial charge >= 0.3 is 0 Å². The van der Waals surface area contributed by atoms with Crippen LogP contribution in [0.5, 0.6) is 0 Å². The van der Waals surface area contributed by atoms with Crippen molar-refractivity contribution < 1.29 is 0 Å². The molecule has 116 valence electrons. The summed E-state index contributed by atoms with van der Waals surface area (Å²) in [5, 5.41) is 0. The lowest BCUT2D eigenvalue weighted by molar-refractivity contribution is 0.654. The van der Waals surface area contributed by atoms with Crippen molar-refractivity contribution >= 4 is 16.9 Å². The lowest BCUT2D eigenvalue weighted by Crippen LogP contribution is -2.17. The molecular formula is C22H23N. The number of anilines is 2. The van der Waals surface area contributed by atoms with E-state index in [0.29, 0.717) is 0 Å². The standard InChI is InChI=1S/C22H23N/c1-6-18-19-14-13-17(23(5)16-11-9-8-10-12-16)15-21(19)22(3,4)20(18)7-2/h6-15H,1-2H2,3-5H3. The molecule has 0 aromatic heterocycles. The number of rotatable bonds is 4. The van der Waals surface area contributed by atoms with Crippen LogP contribution in [0.3, 0.4) is 0 Å². The molecule has 0 unspecified atom stereocenters. The normalized spacial score (nSPS) is 15.3. The summed E-state index contributed by atoms with van der Waals surface area (Å²) in [5.74, 6) is 0. The molecule has 0 saturated carbocycles. The van der Waals surface area contributed by atoms with Crippen molar-refractivity contribution in [3.63, 3.8) is 0 Å². The molecule has 23 heavy (non-hydrogen) atoms. The topological polar surface area (TPSA) is 3.24 Å². The van der Waals surface area contributed by atoms with Crippen LogP contribution >= 0.6 is 0 Å². The van der Waals surface area contributed by atoms with Gasteiger partial charge < -0.3 is 4.90 Å². The molecule has 1 aliphatic rings. The zero-order valence-electron chi connectivity index (χ0n) is 14.1. The largest absolute Gasteiger partial charge is 0.345 e. The lowest BCUT2D eigenvalue weighted by atomic mass is 9.81. The molecule has 3 rings (SSSR count). The SMILES string of the molecule is C=CC1=C(C=C)C(C)(C)c2cc(N(C)c3ccccc3)ccc21. The van der Waals surface area contributed by atoms with E-state index in [0.717, 1.165) is 0 Å². The van der Waals surface area contributed by atoms with Gasteiger partial charge in [0.15, 0.2) is 0 Å². The van der Waals surface area contributed by atoms with Crippen LogP contribution in [0.1, 0.15) is 25.0 Å². The molecule has 0 spiro atoms. The van der Waals surface area contributed by atoms with E-state index in [9.17, 15) is 0 Å². The first kappa shape index (κ1) is 15.4. The molecule has 0 aliphatic heterocycles. The van der Waals surface area contributed by atoms with Gasteiger partial charge in [-0.05, 0) is 46.5 Å². The minimum absolute atomic E-state index is 0.0475. The van der Waals surface area contributed by atoms with Crippen molar-refractivity contribution in [2.75, 3.05) is 11.9 Å². The van der Waals surface area contributed by atoms with Crippen molar-refractivity contribution in [2.45, 2.75) is 19.3 Å². The third kappa shape index (κ3) is 2.33. The maximum Gasteiger partial charge on any atom is 0.0411 e. The van der Waals surface area contributed by atoms with Crippen molar-refractivity contribution in [2.24, 2.45) is 0 Å². The van der Waals surface area contributed by atoms with Crippen LogP contribution in [0.15, 0.2) is 79.4 Å². The zero-order chi connectivity index (χ0) is 16.6. The van der Waals surface area contributed by atoms with Crippen LogP contribution in [-0.4, -0.2) is 7.05 Å². The second-order valence-electron chi connectivity index (χ2n) is 6.49. The Morgan fingerprint density at radius 2 is 1.61 bits per heavy atom. The van der Waals surface area contributed by atoms with Crippen molar-refractivity contribution in [1.29, 1.82) is 0 Å². The third-order valence-corrected chi connectivity index (χ3v) is 4.87. The quantitative estimate of drug-likeness (QED) is 0.682. The second-order valence-corrected chi connectivity index (χ2v) is 6.49. The van der Waals surface area contributed by atoms with Crippen molar-refractivity contribution in [1.82, 2.24) is 0 Å². The van der Waals surface area contributed by atoms with E-state index in [-0.39, 0.29) is 5.41 Å². The number of benzene rings is 2. The Labute approximate surface area is 139 Å². The maximum atomic E-state index is 4.01. The fourth-order valence-electron chi connectivity index (χ4n) is 3.51. The first-order chi connectivity index (χ1) is 11.0. The Hall–Kier alpha value is -2.54. The summed E-state index contributed by atoms with van der Waals surface area (Å²) in [6.07, 6.45) is 3.92. The Morgan fingerprint density at radius 1 is 0.913 bits per heavy atom. The summed E-state index contributed by atoms with van der Waals surface area (Å²) in [4.78, 5) is 2.22. The highest BCUT2D eigenvalue weighted by Gasteiger charge is 2.35. The number of hydrogen-bond acceptors (Lipinski definition) is 1. The third-order valence-electron chi connectivity index (χ3n) is 4.87. The first-order valence-electron chi connectivity index (χ1n) is 7.94. The van der Waals surface area contributed by atoms with E-state index in [1.807, 2.05) is 18.2 Å². The molecule has 0 heterocycles. The number of fused-ring (bicyclic) bond motifs is 1. The van der Waals surface area contributed by atoms with Crippen LogP contribution in [0.2, 0.25) is 0 Å². The van der Waals surface area contributed by atoms with Gasteiger partial charge in [0.1, 0.15) is 0 Å². The second kappa shape index (κ2) is 5.58. The minimum Gasteiger partial charge on any atom is -0.345 e. The van der Waals surface area contributed by atoms with Gasteiger partial charge in [-0.25, -0.2) is 0 Å². The smallest absolute Gasteiger partial charge is 0.0411 e. The number of hydrogen-bond donors (Lipinski definition) is 0. The van der Waals surface area contributed by atoms with Gasteiger partial charge in [0, 0.05) is 23.8 Å². The predicted octanol–water partition coefficient (Wildman–Crippen LogP) is 5.87. The maximum absolute atomic E-state index is 4.01. The van der Waals surface area contributed by atoms with E-state index in [1.165, 1.54) is 33.6 Å². The molecule has 0 fully saturated rings. The van der Waals surface area contributed by atoms with Gasteiger partial charge in [0.25, 0.3) is 0 Å². The summed E-state index contributed by atoms with van der Waals surface area (Å²) < 4.78 is 0. The van der Waals surface area contributed by atoms with Crippen LogP contribution < -0.4 is 4.90 Å².